The number of nitrogens with two attached hydrogens (primary N) is 1. The molecule has 0 saturated heterocycles. The lowest BCUT2D eigenvalue weighted by atomic mass is 10.2. The number of hydrogen-bond acceptors (Lipinski definition) is 3. The molecule has 0 heterocycles. The molecule has 2 N–H and O–H groups in total. The number of primary amides is 1. The van der Waals surface area contributed by atoms with Gasteiger partial charge in [0.25, 0.3) is 5.91 Å². The van der Waals surface area contributed by atoms with Crippen molar-refractivity contribution in [2.24, 2.45) is 15.7 Å². The Hall–Kier alpha value is -1.19. The monoisotopic (exact) mass is 141 g/mol. The first-order valence-corrected chi connectivity index (χ1v) is 2.83. The van der Waals surface area contributed by atoms with Crippen LogP contribution in [-0.4, -0.2) is 31.4 Å². The molecule has 0 aliphatic heterocycles. The van der Waals surface area contributed by atoms with Crippen LogP contribution >= 0.6 is 0 Å². The highest BCUT2D eigenvalue weighted by molar-refractivity contribution is 6.66. The van der Waals surface area contributed by atoms with E-state index in [0.29, 0.717) is 5.71 Å². The summed E-state index contributed by atoms with van der Waals surface area (Å²) in [5.74, 6) is -0.536. The highest BCUT2D eigenvalue weighted by Crippen LogP contribution is 1.81. The lowest BCUT2D eigenvalue weighted by molar-refractivity contribution is -0.111. The van der Waals surface area contributed by atoms with Crippen LogP contribution in [0.1, 0.15) is 6.92 Å². The summed E-state index contributed by atoms with van der Waals surface area (Å²) in [6.45, 7) is 1.69. The van der Waals surface area contributed by atoms with Crippen LogP contribution < -0.4 is 5.73 Å². The van der Waals surface area contributed by atoms with Gasteiger partial charge in [-0.05, 0) is 6.92 Å². The Bertz CT molecular complexity index is 193. The normalized spacial score (nSPS) is 13.5. The van der Waals surface area contributed by atoms with Gasteiger partial charge in [-0.25, -0.2) is 0 Å². The molecular weight excluding hydrogens is 130 g/mol. The minimum atomic E-state index is -0.536. The molecule has 0 unspecified atom stereocenters. The number of hydrogen-bond donors (Lipinski definition) is 1. The summed E-state index contributed by atoms with van der Waals surface area (Å²) >= 11 is 0. The van der Waals surface area contributed by atoms with Gasteiger partial charge in [-0.1, -0.05) is 0 Å². The van der Waals surface area contributed by atoms with Crippen LogP contribution in [0.4, 0.5) is 0 Å². The predicted octanol–water partition coefficient (Wildman–Crippen LogP) is -0.367. The van der Waals surface area contributed by atoms with Gasteiger partial charge in [0.05, 0.1) is 5.71 Å². The Kier molecular flexibility index (Phi) is 3.32. The number of aliphatic imine (C=N–C) groups is 2. The molecule has 0 saturated carbocycles. The summed E-state index contributed by atoms with van der Waals surface area (Å²) in [5, 5.41) is 0. The van der Waals surface area contributed by atoms with Crippen LogP contribution in [0.15, 0.2) is 9.98 Å². The van der Waals surface area contributed by atoms with Gasteiger partial charge in [0, 0.05) is 14.1 Å². The van der Waals surface area contributed by atoms with E-state index in [4.69, 9.17) is 5.73 Å². The molecule has 10 heavy (non-hydrogen) atoms. The van der Waals surface area contributed by atoms with E-state index in [1.165, 1.54) is 7.05 Å². The molecule has 0 aromatic heterocycles. The van der Waals surface area contributed by atoms with Crippen LogP contribution in [0.5, 0.6) is 0 Å². The van der Waals surface area contributed by atoms with Crippen molar-refractivity contribution in [3.05, 3.63) is 0 Å². The van der Waals surface area contributed by atoms with E-state index in [2.05, 4.69) is 9.98 Å². The quantitative estimate of drug-likeness (QED) is 0.524. The smallest absolute Gasteiger partial charge is 0.268 e. The lowest BCUT2D eigenvalue weighted by Crippen LogP contribution is -2.29. The third-order valence-corrected chi connectivity index (χ3v) is 1.14. The Labute approximate surface area is 59.9 Å². The van der Waals surface area contributed by atoms with Crippen LogP contribution in [0.25, 0.3) is 0 Å². The van der Waals surface area contributed by atoms with Crippen molar-refractivity contribution in [3.8, 4) is 0 Å². The molecule has 0 aromatic carbocycles. The summed E-state index contributed by atoms with van der Waals surface area (Å²) in [7, 11) is 3.10. The van der Waals surface area contributed by atoms with Gasteiger partial charge >= 0.3 is 0 Å². The van der Waals surface area contributed by atoms with E-state index >= 15 is 0 Å². The van der Waals surface area contributed by atoms with Gasteiger partial charge in [0.1, 0.15) is 5.71 Å². The topological polar surface area (TPSA) is 67.8 Å². The number of carbonyl (C=O) groups is 1. The summed E-state index contributed by atoms with van der Waals surface area (Å²) in [5.41, 5.74) is 5.78. The lowest BCUT2D eigenvalue weighted by Gasteiger charge is -1.96. The Balaban J connectivity index is 4.56. The van der Waals surface area contributed by atoms with Crippen molar-refractivity contribution in [2.45, 2.75) is 6.92 Å². The predicted molar refractivity (Wildman–Crippen MR) is 41.6 cm³/mol. The third kappa shape index (κ3) is 1.97. The standard InChI is InChI=1S/C6H11N3O/c1-4(8-2)5(9-3)6(7)10/h1-3H3,(H2,7,10). The molecule has 0 fully saturated rings. The van der Waals surface area contributed by atoms with Crippen molar-refractivity contribution in [1.29, 1.82) is 0 Å². The molecular formula is C6H11N3O. The van der Waals surface area contributed by atoms with Crippen LogP contribution in [0, 0.1) is 0 Å². The molecule has 0 aliphatic rings. The summed E-state index contributed by atoms with van der Waals surface area (Å²) in [6, 6.07) is 0. The highest BCUT2D eigenvalue weighted by Gasteiger charge is 2.07. The van der Waals surface area contributed by atoms with Gasteiger partial charge in [-0.15, -0.1) is 0 Å². The van der Waals surface area contributed by atoms with E-state index in [1.54, 1.807) is 14.0 Å². The summed E-state index contributed by atoms with van der Waals surface area (Å²) in [6.07, 6.45) is 0. The Morgan fingerprint density at radius 3 is 1.90 bits per heavy atom. The fourth-order valence-electron chi connectivity index (χ4n) is 0.556. The van der Waals surface area contributed by atoms with Crippen LogP contribution in [0.2, 0.25) is 0 Å². The fourth-order valence-corrected chi connectivity index (χ4v) is 0.556. The van der Waals surface area contributed by atoms with Gasteiger partial charge in [0.2, 0.25) is 0 Å². The van der Waals surface area contributed by atoms with Gasteiger partial charge < -0.3 is 5.73 Å². The van der Waals surface area contributed by atoms with Crippen molar-refractivity contribution in [2.75, 3.05) is 14.1 Å². The highest BCUT2D eigenvalue weighted by atomic mass is 16.1. The van der Waals surface area contributed by atoms with Crippen molar-refractivity contribution >= 4 is 17.3 Å². The second-order valence-corrected chi connectivity index (χ2v) is 1.75. The van der Waals surface area contributed by atoms with E-state index in [-0.39, 0.29) is 5.71 Å². The minimum Gasteiger partial charge on any atom is -0.364 e. The average Bonchev–Trinajstić information content (AvgIpc) is 1.88. The molecule has 0 aliphatic carbocycles. The molecule has 0 aromatic rings. The molecule has 0 radical (unpaired) electrons. The van der Waals surface area contributed by atoms with E-state index in [1.807, 2.05) is 0 Å². The van der Waals surface area contributed by atoms with Crippen molar-refractivity contribution in [1.82, 2.24) is 0 Å². The molecule has 0 spiro atoms. The first-order chi connectivity index (χ1) is 4.63. The number of carbonyl (C=O) groups excluding carboxylic acids is 1. The molecule has 4 heteroatoms. The van der Waals surface area contributed by atoms with Crippen molar-refractivity contribution < 1.29 is 4.79 Å². The molecule has 0 bridgehead atoms. The maximum Gasteiger partial charge on any atom is 0.268 e. The zero-order chi connectivity index (χ0) is 8.15. The van der Waals surface area contributed by atoms with Crippen LogP contribution in [0.3, 0.4) is 0 Å². The van der Waals surface area contributed by atoms with E-state index < -0.39 is 5.91 Å². The molecule has 0 atom stereocenters. The third-order valence-electron chi connectivity index (χ3n) is 1.14. The van der Waals surface area contributed by atoms with E-state index in [0.717, 1.165) is 0 Å². The maximum atomic E-state index is 10.5. The van der Waals surface area contributed by atoms with E-state index in [9.17, 15) is 4.79 Å². The van der Waals surface area contributed by atoms with Gasteiger partial charge in [-0.2, -0.15) is 0 Å². The first kappa shape index (κ1) is 8.81. The number of rotatable bonds is 2. The molecule has 1 amide bonds. The zero-order valence-corrected chi connectivity index (χ0v) is 6.38. The Morgan fingerprint density at radius 1 is 1.30 bits per heavy atom. The van der Waals surface area contributed by atoms with Gasteiger partial charge in [-0.3, -0.25) is 14.8 Å². The largest absolute Gasteiger partial charge is 0.364 e. The first-order valence-electron chi connectivity index (χ1n) is 2.83. The molecule has 0 rings (SSSR count). The molecule has 56 valence electrons. The number of nitrogens with zero attached hydrogens (tertiary/aromatic N) is 2. The maximum absolute atomic E-state index is 10.5. The second kappa shape index (κ2) is 3.76. The zero-order valence-electron chi connectivity index (χ0n) is 6.38. The summed E-state index contributed by atoms with van der Waals surface area (Å²) in [4.78, 5) is 18.0. The van der Waals surface area contributed by atoms with Crippen molar-refractivity contribution in [3.63, 3.8) is 0 Å². The second-order valence-electron chi connectivity index (χ2n) is 1.75. The minimum absolute atomic E-state index is 0.238. The average molecular weight is 141 g/mol. The van der Waals surface area contributed by atoms with Crippen LogP contribution in [-0.2, 0) is 4.79 Å². The molecule has 4 nitrogen and oxygen atoms in total. The summed E-state index contributed by atoms with van der Waals surface area (Å²) < 4.78 is 0. The fraction of sp³-hybridized carbons (Fsp3) is 0.500. The SMILES string of the molecule is CN=C(C)C(=NC)C(N)=O. The van der Waals surface area contributed by atoms with Gasteiger partial charge in [0.15, 0.2) is 0 Å². The Morgan fingerprint density at radius 2 is 1.80 bits per heavy atom. The number of amides is 1.